The van der Waals surface area contributed by atoms with Gasteiger partial charge in [-0.1, -0.05) is 24.3 Å². The predicted molar refractivity (Wildman–Crippen MR) is 81.8 cm³/mol. The summed E-state index contributed by atoms with van der Waals surface area (Å²) in [4.78, 5) is 14.1. The average Bonchev–Trinajstić information content (AvgIpc) is 2.82. The zero-order valence-electron chi connectivity index (χ0n) is 12.7. The van der Waals surface area contributed by atoms with Crippen molar-refractivity contribution in [2.75, 3.05) is 34.2 Å². The number of benzene rings is 1. The van der Waals surface area contributed by atoms with Gasteiger partial charge in [-0.2, -0.15) is 0 Å². The van der Waals surface area contributed by atoms with E-state index in [0.717, 1.165) is 19.4 Å². The summed E-state index contributed by atoms with van der Waals surface area (Å²) in [5, 5.41) is 6.10. The van der Waals surface area contributed by atoms with E-state index in [1.54, 1.807) is 0 Å². The van der Waals surface area contributed by atoms with E-state index < -0.39 is 0 Å². The Morgan fingerprint density at radius 3 is 2.35 bits per heavy atom. The number of nitrogens with one attached hydrogen (secondary N) is 2. The van der Waals surface area contributed by atoms with Gasteiger partial charge in [-0.15, -0.1) is 0 Å². The molecule has 110 valence electrons. The van der Waals surface area contributed by atoms with E-state index in [-0.39, 0.29) is 11.4 Å². The van der Waals surface area contributed by atoms with Crippen molar-refractivity contribution < 1.29 is 4.79 Å². The van der Waals surface area contributed by atoms with Crippen molar-refractivity contribution in [1.82, 2.24) is 15.5 Å². The zero-order chi connectivity index (χ0) is 14.6. The summed E-state index contributed by atoms with van der Waals surface area (Å²) in [6.45, 7) is 1.43. The molecule has 0 atom stereocenters. The van der Waals surface area contributed by atoms with Crippen LogP contribution in [0.5, 0.6) is 0 Å². The Morgan fingerprint density at radius 1 is 1.25 bits per heavy atom. The van der Waals surface area contributed by atoms with Crippen LogP contribution in [0.2, 0.25) is 0 Å². The molecule has 4 heteroatoms. The number of nitrogens with zero attached hydrogens (tertiary/aromatic N) is 1. The first-order valence-corrected chi connectivity index (χ1v) is 7.23. The van der Waals surface area contributed by atoms with Crippen LogP contribution in [0.15, 0.2) is 24.3 Å². The first-order chi connectivity index (χ1) is 9.57. The van der Waals surface area contributed by atoms with E-state index in [4.69, 9.17) is 0 Å². The van der Waals surface area contributed by atoms with Crippen LogP contribution in [0.25, 0.3) is 0 Å². The fourth-order valence-corrected chi connectivity index (χ4v) is 2.86. The molecule has 0 radical (unpaired) electrons. The van der Waals surface area contributed by atoms with E-state index in [9.17, 15) is 4.79 Å². The average molecular weight is 275 g/mol. The summed E-state index contributed by atoms with van der Waals surface area (Å²) < 4.78 is 0. The SMILES string of the molecule is CNCCC(=O)NCC1(N(C)C)Cc2ccccc2C1. The lowest BCUT2D eigenvalue weighted by Crippen LogP contribution is -2.53. The molecule has 0 fully saturated rings. The molecule has 0 bridgehead atoms. The van der Waals surface area contributed by atoms with Crippen LogP contribution >= 0.6 is 0 Å². The molecule has 0 unspecified atom stereocenters. The smallest absolute Gasteiger partial charge is 0.221 e. The van der Waals surface area contributed by atoms with Gasteiger partial charge >= 0.3 is 0 Å². The number of rotatable bonds is 6. The largest absolute Gasteiger partial charge is 0.354 e. The maximum atomic E-state index is 11.8. The molecule has 0 saturated carbocycles. The molecule has 0 saturated heterocycles. The molecule has 1 aliphatic rings. The monoisotopic (exact) mass is 275 g/mol. The summed E-state index contributed by atoms with van der Waals surface area (Å²) in [6, 6.07) is 8.58. The fourth-order valence-electron chi connectivity index (χ4n) is 2.86. The molecule has 1 aromatic rings. The number of hydrogen-bond donors (Lipinski definition) is 2. The van der Waals surface area contributed by atoms with Gasteiger partial charge < -0.3 is 15.5 Å². The van der Waals surface area contributed by atoms with Crippen molar-refractivity contribution >= 4 is 5.91 Å². The second kappa shape index (κ2) is 6.37. The zero-order valence-corrected chi connectivity index (χ0v) is 12.7. The predicted octanol–water partition coefficient (Wildman–Crippen LogP) is 0.811. The maximum absolute atomic E-state index is 11.8. The maximum Gasteiger partial charge on any atom is 0.221 e. The third-order valence-corrected chi connectivity index (χ3v) is 4.32. The number of carbonyl (C=O) groups is 1. The summed E-state index contributed by atoms with van der Waals surface area (Å²) in [5.41, 5.74) is 2.83. The first kappa shape index (κ1) is 15.0. The topological polar surface area (TPSA) is 44.4 Å². The lowest BCUT2D eigenvalue weighted by Gasteiger charge is -2.36. The van der Waals surface area contributed by atoms with Gasteiger partial charge in [-0.3, -0.25) is 4.79 Å². The molecule has 2 rings (SSSR count). The van der Waals surface area contributed by atoms with Gasteiger partial charge in [0.25, 0.3) is 0 Å². The van der Waals surface area contributed by atoms with E-state index in [1.165, 1.54) is 11.1 Å². The van der Waals surface area contributed by atoms with E-state index in [2.05, 4.69) is 53.9 Å². The number of hydrogen-bond acceptors (Lipinski definition) is 3. The molecule has 4 nitrogen and oxygen atoms in total. The van der Waals surface area contributed by atoms with Crippen molar-refractivity contribution in [3.05, 3.63) is 35.4 Å². The Kier molecular flexibility index (Phi) is 4.78. The van der Waals surface area contributed by atoms with Crippen molar-refractivity contribution in [2.45, 2.75) is 24.8 Å². The van der Waals surface area contributed by atoms with Gasteiger partial charge in [-0.25, -0.2) is 0 Å². The van der Waals surface area contributed by atoms with Crippen molar-refractivity contribution in [1.29, 1.82) is 0 Å². The van der Waals surface area contributed by atoms with Crippen LogP contribution in [-0.4, -0.2) is 50.6 Å². The van der Waals surface area contributed by atoms with Gasteiger partial charge in [0.05, 0.1) is 0 Å². The van der Waals surface area contributed by atoms with Gasteiger partial charge in [-0.05, 0) is 45.1 Å². The molecule has 1 amide bonds. The highest BCUT2D eigenvalue weighted by atomic mass is 16.1. The Hall–Kier alpha value is -1.39. The molecule has 0 aromatic heterocycles. The second-order valence-electron chi connectivity index (χ2n) is 5.87. The summed E-state index contributed by atoms with van der Waals surface area (Å²) >= 11 is 0. The number of amides is 1. The molecule has 20 heavy (non-hydrogen) atoms. The molecule has 1 aliphatic carbocycles. The van der Waals surface area contributed by atoms with Crippen LogP contribution in [0.3, 0.4) is 0 Å². The summed E-state index contributed by atoms with van der Waals surface area (Å²) in [6.07, 6.45) is 2.54. The molecule has 2 N–H and O–H groups in total. The third-order valence-electron chi connectivity index (χ3n) is 4.32. The number of fused-ring (bicyclic) bond motifs is 1. The summed E-state index contributed by atoms with van der Waals surface area (Å²) in [7, 11) is 6.07. The Bertz CT molecular complexity index is 446. The van der Waals surface area contributed by atoms with Crippen LogP contribution < -0.4 is 10.6 Å². The highest BCUT2D eigenvalue weighted by molar-refractivity contribution is 5.76. The molecule has 0 heterocycles. The second-order valence-corrected chi connectivity index (χ2v) is 5.87. The minimum atomic E-state index is 0.0129. The minimum absolute atomic E-state index is 0.0129. The normalized spacial score (nSPS) is 16.2. The van der Waals surface area contributed by atoms with Crippen LogP contribution in [0.4, 0.5) is 0 Å². The quantitative estimate of drug-likeness (QED) is 0.807. The van der Waals surface area contributed by atoms with Crippen molar-refractivity contribution in [2.24, 2.45) is 0 Å². The van der Waals surface area contributed by atoms with Crippen LogP contribution in [0, 0.1) is 0 Å². The Morgan fingerprint density at radius 2 is 1.85 bits per heavy atom. The van der Waals surface area contributed by atoms with E-state index in [1.807, 2.05) is 7.05 Å². The van der Waals surface area contributed by atoms with Crippen molar-refractivity contribution in [3.63, 3.8) is 0 Å². The Balaban J connectivity index is 2.01. The molecular weight excluding hydrogens is 250 g/mol. The molecule has 0 spiro atoms. The number of likely N-dealkylation sites (N-methyl/N-ethyl adjacent to an activating group) is 1. The Labute approximate surface area is 121 Å². The van der Waals surface area contributed by atoms with Gasteiger partial charge in [0.1, 0.15) is 0 Å². The van der Waals surface area contributed by atoms with E-state index in [0.29, 0.717) is 13.0 Å². The highest BCUT2D eigenvalue weighted by Crippen LogP contribution is 2.32. The van der Waals surface area contributed by atoms with Crippen LogP contribution in [0.1, 0.15) is 17.5 Å². The van der Waals surface area contributed by atoms with Crippen molar-refractivity contribution in [3.8, 4) is 0 Å². The molecular formula is C16H25N3O. The summed E-state index contributed by atoms with van der Waals surface area (Å²) in [5.74, 6) is 0.122. The standard InChI is InChI=1S/C16H25N3O/c1-17-9-8-15(20)18-12-16(19(2)3)10-13-6-4-5-7-14(13)11-16/h4-7,17H,8-12H2,1-3H3,(H,18,20). The molecule has 1 aromatic carbocycles. The highest BCUT2D eigenvalue weighted by Gasteiger charge is 2.39. The minimum Gasteiger partial charge on any atom is -0.354 e. The van der Waals surface area contributed by atoms with E-state index >= 15 is 0 Å². The van der Waals surface area contributed by atoms with Gasteiger partial charge in [0, 0.05) is 25.0 Å². The molecule has 0 aliphatic heterocycles. The first-order valence-electron chi connectivity index (χ1n) is 7.23. The lowest BCUT2D eigenvalue weighted by atomic mass is 9.94. The van der Waals surface area contributed by atoms with Gasteiger partial charge in [0.15, 0.2) is 0 Å². The van der Waals surface area contributed by atoms with Crippen LogP contribution in [-0.2, 0) is 17.6 Å². The lowest BCUT2D eigenvalue weighted by molar-refractivity contribution is -0.121. The third kappa shape index (κ3) is 3.19. The van der Waals surface area contributed by atoms with Gasteiger partial charge in [0.2, 0.25) is 5.91 Å². The fraction of sp³-hybridized carbons (Fsp3) is 0.562. The number of carbonyl (C=O) groups excluding carboxylic acids is 1.